The fourth-order valence-corrected chi connectivity index (χ4v) is 4.72. The van der Waals surface area contributed by atoms with E-state index in [1.54, 1.807) is 37.1 Å². The van der Waals surface area contributed by atoms with Crippen molar-refractivity contribution in [1.29, 1.82) is 0 Å². The monoisotopic (exact) mass is 541 g/mol. The number of fused-ring (bicyclic) bond motifs is 1. The van der Waals surface area contributed by atoms with Gasteiger partial charge >= 0.3 is 0 Å². The van der Waals surface area contributed by atoms with Crippen LogP contribution in [0.25, 0.3) is 0 Å². The van der Waals surface area contributed by atoms with Gasteiger partial charge in [0, 0.05) is 11.8 Å². The molecule has 2 heterocycles. The van der Waals surface area contributed by atoms with E-state index in [1.165, 1.54) is 13.4 Å². The van der Waals surface area contributed by atoms with Crippen molar-refractivity contribution < 1.29 is 23.7 Å². The summed E-state index contributed by atoms with van der Waals surface area (Å²) in [6.45, 7) is 4.28. The summed E-state index contributed by atoms with van der Waals surface area (Å²) in [5.74, 6) is 2.43. The van der Waals surface area contributed by atoms with Gasteiger partial charge in [-0.05, 0) is 49.2 Å². The summed E-state index contributed by atoms with van der Waals surface area (Å²) in [5.41, 5.74) is 4.62. The number of hydrogen-bond donors (Lipinski definition) is 2. The summed E-state index contributed by atoms with van der Waals surface area (Å²) in [4.78, 5) is 18.1. The van der Waals surface area contributed by atoms with Crippen LogP contribution in [0.2, 0.25) is 0 Å². The molecule has 206 valence electrons. The van der Waals surface area contributed by atoms with Crippen LogP contribution in [0.15, 0.2) is 78.3 Å². The van der Waals surface area contributed by atoms with Gasteiger partial charge in [-0.2, -0.15) is 10.1 Å². The number of allylic oxidation sites excluding steroid dienone is 1. The molecule has 0 fully saturated rings. The third kappa shape index (κ3) is 5.28. The Morgan fingerprint density at radius 2 is 1.77 bits per heavy atom. The summed E-state index contributed by atoms with van der Waals surface area (Å²) >= 11 is 0. The Hall–Kier alpha value is -4.99. The molecule has 1 unspecified atom stereocenters. The highest BCUT2D eigenvalue weighted by Gasteiger charge is 2.34. The first-order chi connectivity index (χ1) is 19.4. The third-order valence-electron chi connectivity index (χ3n) is 6.68. The fourth-order valence-electron chi connectivity index (χ4n) is 4.72. The molecule has 1 aliphatic rings. The molecule has 0 saturated heterocycles. The number of anilines is 2. The lowest BCUT2D eigenvalue weighted by atomic mass is 9.94. The number of carbonyl (C=O) groups is 1. The minimum absolute atomic E-state index is 0.321. The van der Waals surface area contributed by atoms with Gasteiger partial charge in [-0.3, -0.25) is 4.79 Å². The number of rotatable bonds is 9. The quantitative estimate of drug-likeness (QED) is 0.301. The van der Waals surface area contributed by atoms with Crippen molar-refractivity contribution >= 4 is 17.5 Å². The maximum Gasteiger partial charge on any atom is 0.255 e. The smallest absolute Gasteiger partial charge is 0.255 e. The molecule has 10 heteroatoms. The van der Waals surface area contributed by atoms with Crippen LogP contribution in [0.5, 0.6) is 23.0 Å². The summed E-state index contributed by atoms with van der Waals surface area (Å²) in [7, 11) is 4.70. The standard InChI is InChI=1S/C30H31N5O5/c1-18-7-6-8-20(13-18)16-40-24-12-9-21(14-26(24)39-5)28-27(19(2)33-30-31-17-32-35(28)30)29(36)34-23-11-10-22(37-3)15-25(23)38-4/h6-15,17,28H,16H2,1-5H3,(H,34,36)(H,31,32,33). The Kier molecular flexibility index (Phi) is 7.59. The summed E-state index contributed by atoms with van der Waals surface area (Å²) in [6, 6.07) is 18.4. The first-order valence-electron chi connectivity index (χ1n) is 12.7. The Bertz CT molecular complexity index is 1580. The number of nitrogens with zero attached hydrogens (tertiary/aromatic N) is 3. The van der Waals surface area contributed by atoms with Gasteiger partial charge in [-0.1, -0.05) is 35.9 Å². The molecule has 1 atom stereocenters. The van der Waals surface area contributed by atoms with E-state index in [-0.39, 0.29) is 5.91 Å². The SMILES string of the molecule is COc1ccc(NC(=O)C2=C(C)Nc3ncnn3C2c2ccc(OCc3cccc(C)c3)c(OC)c2)c(OC)c1. The van der Waals surface area contributed by atoms with E-state index in [2.05, 4.69) is 26.8 Å². The number of nitrogens with one attached hydrogen (secondary N) is 2. The second kappa shape index (κ2) is 11.4. The van der Waals surface area contributed by atoms with E-state index in [4.69, 9.17) is 18.9 Å². The Balaban J connectivity index is 1.47. The third-order valence-corrected chi connectivity index (χ3v) is 6.68. The van der Waals surface area contributed by atoms with Crippen LogP contribution in [-0.4, -0.2) is 42.0 Å². The zero-order valence-corrected chi connectivity index (χ0v) is 23.0. The predicted molar refractivity (Wildman–Crippen MR) is 151 cm³/mol. The molecular formula is C30H31N5O5. The van der Waals surface area contributed by atoms with E-state index >= 15 is 0 Å². The van der Waals surface area contributed by atoms with Crippen LogP contribution in [0.3, 0.4) is 0 Å². The molecule has 0 saturated carbocycles. The highest BCUT2D eigenvalue weighted by atomic mass is 16.5. The van der Waals surface area contributed by atoms with Crippen molar-refractivity contribution in [3.8, 4) is 23.0 Å². The fraction of sp³-hybridized carbons (Fsp3) is 0.233. The van der Waals surface area contributed by atoms with E-state index in [0.29, 0.717) is 52.5 Å². The van der Waals surface area contributed by atoms with E-state index in [9.17, 15) is 4.79 Å². The average molecular weight is 542 g/mol. The Morgan fingerprint density at radius 3 is 2.52 bits per heavy atom. The number of carbonyl (C=O) groups excluding carboxylic acids is 1. The average Bonchev–Trinajstić information content (AvgIpc) is 3.43. The molecule has 40 heavy (non-hydrogen) atoms. The van der Waals surface area contributed by atoms with E-state index in [1.807, 2.05) is 50.2 Å². The first-order valence-corrected chi connectivity index (χ1v) is 12.7. The molecule has 0 spiro atoms. The van der Waals surface area contributed by atoms with Crippen molar-refractivity contribution in [3.63, 3.8) is 0 Å². The van der Waals surface area contributed by atoms with Crippen LogP contribution in [-0.2, 0) is 11.4 Å². The number of aryl methyl sites for hydroxylation is 1. The van der Waals surface area contributed by atoms with Crippen molar-refractivity contribution in [3.05, 3.63) is 95.0 Å². The second-order valence-corrected chi connectivity index (χ2v) is 9.30. The Morgan fingerprint density at radius 1 is 0.950 bits per heavy atom. The molecule has 1 aliphatic heterocycles. The number of aromatic nitrogens is 3. The van der Waals surface area contributed by atoms with Gasteiger partial charge in [-0.25, -0.2) is 4.68 Å². The lowest BCUT2D eigenvalue weighted by molar-refractivity contribution is -0.113. The molecule has 2 N–H and O–H groups in total. The van der Waals surface area contributed by atoms with Crippen LogP contribution in [0.1, 0.15) is 29.7 Å². The molecule has 0 bridgehead atoms. The summed E-state index contributed by atoms with van der Waals surface area (Å²) in [6.07, 6.45) is 1.45. The van der Waals surface area contributed by atoms with Gasteiger partial charge in [0.05, 0.1) is 32.6 Å². The molecule has 3 aromatic carbocycles. The number of methoxy groups -OCH3 is 3. The zero-order valence-electron chi connectivity index (χ0n) is 23.0. The highest BCUT2D eigenvalue weighted by Crippen LogP contribution is 2.39. The molecule has 0 radical (unpaired) electrons. The van der Waals surface area contributed by atoms with E-state index in [0.717, 1.165) is 16.7 Å². The summed E-state index contributed by atoms with van der Waals surface area (Å²) in [5, 5.41) is 10.6. The van der Waals surface area contributed by atoms with Crippen LogP contribution >= 0.6 is 0 Å². The Labute approximate surface area is 232 Å². The maximum absolute atomic E-state index is 13.8. The van der Waals surface area contributed by atoms with Gasteiger partial charge in [0.1, 0.15) is 30.5 Å². The van der Waals surface area contributed by atoms with Crippen molar-refractivity contribution in [2.75, 3.05) is 32.0 Å². The van der Waals surface area contributed by atoms with Gasteiger partial charge in [0.2, 0.25) is 5.95 Å². The highest BCUT2D eigenvalue weighted by molar-refractivity contribution is 6.06. The molecule has 10 nitrogen and oxygen atoms in total. The molecule has 5 rings (SSSR count). The normalized spacial score (nSPS) is 14.2. The van der Waals surface area contributed by atoms with E-state index < -0.39 is 6.04 Å². The molecule has 1 aromatic heterocycles. The number of benzene rings is 3. The first kappa shape index (κ1) is 26.6. The van der Waals surface area contributed by atoms with Crippen LogP contribution < -0.4 is 29.6 Å². The number of amides is 1. The van der Waals surface area contributed by atoms with Gasteiger partial charge in [-0.15, -0.1) is 0 Å². The number of ether oxygens (including phenoxy) is 4. The number of hydrogen-bond acceptors (Lipinski definition) is 8. The largest absolute Gasteiger partial charge is 0.497 e. The van der Waals surface area contributed by atoms with Crippen molar-refractivity contribution in [1.82, 2.24) is 14.8 Å². The molecule has 4 aromatic rings. The van der Waals surface area contributed by atoms with Crippen molar-refractivity contribution in [2.24, 2.45) is 0 Å². The molecule has 0 aliphatic carbocycles. The van der Waals surface area contributed by atoms with Gasteiger partial charge in [0.25, 0.3) is 5.91 Å². The molecular weight excluding hydrogens is 510 g/mol. The molecule has 1 amide bonds. The minimum Gasteiger partial charge on any atom is -0.497 e. The lowest BCUT2D eigenvalue weighted by Crippen LogP contribution is -2.31. The van der Waals surface area contributed by atoms with Gasteiger partial charge in [0.15, 0.2) is 11.5 Å². The minimum atomic E-state index is -0.581. The second-order valence-electron chi connectivity index (χ2n) is 9.30. The van der Waals surface area contributed by atoms with Gasteiger partial charge < -0.3 is 29.6 Å². The van der Waals surface area contributed by atoms with Crippen LogP contribution in [0, 0.1) is 6.92 Å². The van der Waals surface area contributed by atoms with Crippen LogP contribution in [0.4, 0.5) is 11.6 Å². The predicted octanol–water partition coefficient (Wildman–Crippen LogP) is 5.12. The van der Waals surface area contributed by atoms with Crippen molar-refractivity contribution in [2.45, 2.75) is 26.5 Å². The lowest BCUT2D eigenvalue weighted by Gasteiger charge is -2.29. The maximum atomic E-state index is 13.8. The summed E-state index contributed by atoms with van der Waals surface area (Å²) < 4.78 is 24.2. The topological polar surface area (TPSA) is 109 Å². The zero-order chi connectivity index (χ0) is 28.2.